The lowest BCUT2D eigenvalue weighted by atomic mass is 10.1. The molecule has 18 heavy (non-hydrogen) atoms. The molecule has 96 valence electrons. The molecule has 0 saturated heterocycles. The number of carbonyl (C=O) groups is 1. The molecular formula is C12H14N2O4. The summed E-state index contributed by atoms with van der Waals surface area (Å²) in [5.41, 5.74) is 0.883. The molecular weight excluding hydrogens is 236 g/mol. The number of aromatic amines is 1. The number of rotatable bonds is 3. The Labute approximate surface area is 103 Å². The lowest BCUT2D eigenvalue weighted by Crippen LogP contribution is -2.41. The zero-order valence-corrected chi connectivity index (χ0v) is 10.4. The van der Waals surface area contributed by atoms with E-state index in [1.807, 2.05) is 0 Å². The van der Waals surface area contributed by atoms with Gasteiger partial charge in [-0.15, -0.1) is 0 Å². The lowest BCUT2D eigenvalue weighted by molar-refractivity contribution is -0.144. The fourth-order valence-electron chi connectivity index (χ4n) is 1.70. The minimum absolute atomic E-state index is 0.372. The van der Waals surface area contributed by atoms with Crippen LogP contribution in [0.4, 0.5) is 5.69 Å². The Morgan fingerprint density at radius 1 is 1.44 bits per heavy atom. The second kappa shape index (κ2) is 4.21. The highest BCUT2D eigenvalue weighted by atomic mass is 16.5. The van der Waals surface area contributed by atoms with E-state index in [9.17, 15) is 9.59 Å². The number of anilines is 1. The van der Waals surface area contributed by atoms with Gasteiger partial charge in [0.2, 0.25) is 0 Å². The molecule has 0 bridgehead atoms. The van der Waals surface area contributed by atoms with Gasteiger partial charge in [-0.2, -0.15) is 0 Å². The summed E-state index contributed by atoms with van der Waals surface area (Å²) >= 11 is 0. The summed E-state index contributed by atoms with van der Waals surface area (Å²) in [7, 11) is 1.34. The molecule has 1 aromatic heterocycles. The molecule has 1 heterocycles. The smallest absolute Gasteiger partial charge is 0.417 e. The number of esters is 1. The molecule has 0 aliphatic carbocycles. The van der Waals surface area contributed by atoms with Crippen LogP contribution in [0.2, 0.25) is 0 Å². The molecule has 0 fully saturated rings. The number of methoxy groups -OCH3 is 1. The first-order valence-electron chi connectivity index (χ1n) is 5.42. The second-order valence-electron chi connectivity index (χ2n) is 4.47. The molecule has 1 aromatic carbocycles. The molecule has 2 N–H and O–H groups in total. The predicted octanol–water partition coefficient (Wildman–Crippen LogP) is 1.48. The van der Waals surface area contributed by atoms with Gasteiger partial charge in [0.15, 0.2) is 5.58 Å². The van der Waals surface area contributed by atoms with Crippen LogP contribution in [0.5, 0.6) is 0 Å². The third kappa shape index (κ3) is 2.22. The molecule has 2 rings (SSSR count). The number of aromatic nitrogens is 1. The standard InChI is InChI=1S/C12H14N2O4/c1-12(2,10(15)17-3)14-7-4-5-9-8(6-7)13-11(16)18-9/h4-6,14H,1-3H3,(H,13,16). The molecule has 0 radical (unpaired) electrons. The molecule has 0 amide bonds. The van der Waals surface area contributed by atoms with Gasteiger partial charge in [0.1, 0.15) is 5.54 Å². The van der Waals surface area contributed by atoms with E-state index in [0.29, 0.717) is 16.8 Å². The number of carbonyl (C=O) groups excluding carboxylic acids is 1. The quantitative estimate of drug-likeness (QED) is 0.806. The summed E-state index contributed by atoms with van der Waals surface area (Å²) < 4.78 is 9.59. The average Bonchev–Trinajstić information content (AvgIpc) is 2.66. The molecule has 0 unspecified atom stereocenters. The molecule has 6 heteroatoms. The highest BCUT2D eigenvalue weighted by molar-refractivity contribution is 5.85. The van der Waals surface area contributed by atoms with Crippen molar-refractivity contribution in [1.29, 1.82) is 0 Å². The number of fused-ring (bicyclic) bond motifs is 1. The first kappa shape index (κ1) is 12.2. The summed E-state index contributed by atoms with van der Waals surface area (Å²) in [6.07, 6.45) is 0. The molecule has 0 saturated carbocycles. The third-order valence-corrected chi connectivity index (χ3v) is 2.57. The van der Waals surface area contributed by atoms with Crippen LogP contribution in [0, 0.1) is 0 Å². The maximum Gasteiger partial charge on any atom is 0.417 e. The first-order chi connectivity index (χ1) is 8.42. The zero-order valence-electron chi connectivity index (χ0n) is 10.4. The largest absolute Gasteiger partial charge is 0.467 e. The normalized spacial score (nSPS) is 11.5. The fraction of sp³-hybridized carbons (Fsp3) is 0.333. The van der Waals surface area contributed by atoms with Crippen LogP contribution in [0.3, 0.4) is 0 Å². The van der Waals surface area contributed by atoms with Crippen molar-refractivity contribution in [2.45, 2.75) is 19.4 Å². The van der Waals surface area contributed by atoms with Gasteiger partial charge in [-0.25, -0.2) is 9.59 Å². The van der Waals surface area contributed by atoms with E-state index in [0.717, 1.165) is 0 Å². The van der Waals surface area contributed by atoms with Crippen molar-refractivity contribution in [2.24, 2.45) is 0 Å². The number of oxazole rings is 1. The van der Waals surface area contributed by atoms with Crippen LogP contribution >= 0.6 is 0 Å². The maximum absolute atomic E-state index is 11.5. The fourth-order valence-corrected chi connectivity index (χ4v) is 1.70. The summed E-state index contributed by atoms with van der Waals surface area (Å²) in [6, 6.07) is 5.08. The number of benzene rings is 1. The Hall–Kier alpha value is -2.24. The van der Waals surface area contributed by atoms with E-state index in [4.69, 9.17) is 9.15 Å². The van der Waals surface area contributed by atoms with Crippen molar-refractivity contribution in [3.8, 4) is 0 Å². The third-order valence-electron chi connectivity index (χ3n) is 2.57. The molecule has 0 spiro atoms. The summed E-state index contributed by atoms with van der Waals surface area (Å²) in [5.74, 6) is -0.877. The average molecular weight is 250 g/mol. The van der Waals surface area contributed by atoms with E-state index >= 15 is 0 Å². The second-order valence-corrected chi connectivity index (χ2v) is 4.47. The molecule has 2 aromatic rings. The Morgan fingerprint density at radius 2 is 2.17 bits per heavy atom. The van der Waals surface area contributed by atoms with Gasteiger partial charge in [-0.05, 0) is 32.0 Å². The lowest BCUT2D eigenvalue weighted by Gasteiger charge is -2.24. The number of H-pyrrole nitrogens is 1. The summed E-state index contributed by atoms with van der Waals surface area (Å²) in [4.78, 5) is 25.1. The van der Waals surface area contributed by atoms with E-state index in [1.165, 1.54) is 7.11 Å². The van der Waals surface area contributed by atoms with Gasteiger partial charge in [-0.3, -0.25) is 4.98 Å². The van der Waals surface area contributed by atoms with Crippen molar-refractivity contribution in [3.63, 3.8) is 0 Å². The van der Waals surface area contributed by atoms with Crippen molar-refractivity contribution in [1.82, 2.24) is 4.98 Å². The maximum atomic E-state index is 11.5. The predicted molar refractivity (Wildman–Crippen MR) is 66.6 cm³/mol. The molecule has 0 atom stereocenters. The Bertz CT molecular complexity index is 639. The zero-order chi connectivity index (χ0) is 13.3. The van der Waals surface area contributed by atoms with Crippen LogP contribution in [0.25, 0.3) is 11.1 Å². The first-order valence-corrected chi connectivity index (χ1v) is 5.42. The monoisotopic (exact) mass is 250 g/mol. The summed E-state index contributed by atoms with van der Waals surface area (Å²) in [6.45, 7) is 3.42. The minimum Gasteiger partial charge on any atom is -0.467 e. The van der Waals surface area contributed by atoms with Crippen LogP contribution < -0.4 is 11.1 Å². The molecule has 6 nitrogen and oxygen atoms in total. The topological polar surface area (TPSA) is 84.3 Å². The van der Waals surface area contributed by atoms with Gasteiger partial charge in [-0.1, -0.05) is 0 Å². The SMILES string of the molecule is COC(=O)C(C)(C)Nc1ccc2oc(=O)[nH]c2c1. The van der Waals surface area contributed by atoms with Crippen molar-refractivity contribution in [2.75, 3.05) is 12.4 Å². The molecule has 0 aliphatic rings. The van der Waals surface area contributed by atoms with Crippen molar-refractivity contribution >= 4 is 22.8 Å². The van der Waals surface area contributed by atoms with Gasteiger partial charge in [0, 0.05) is 5.69 Å². The van der Waals surface area contributed by atoms with Crippen LogP contribution in [-0.4, -0.2) is 23.6 Å². The van der Waals surface area contributed by atoms with Gasteiger partial charge >= 0.3 is 11.7 Å². The molecule has 0 aliphatic heterocycles. The highest BCUT2D eigenvalue weighted by Gasteiger charge is 2.28. The van der Waals surface area contributed by atoms with Gasteiger partial charge in [0.05, 0.1) is 12.6 Å². The highest BCUT2D eigenvalue weighted by Crippen LogP contribution is 2.20. The van der Waals surface area contributed by atoms with E-state index in [-0.39, 0.29) is 5.97 Å². The van der Waals surface area contributed by atoms with E-state index < -0.39 is 11.3 Å². The van der Waals surface area contributed by atoms with Crippen LogP contribution in [0.1, 0.15) is 13.8 Å². The van der Waals surface area contributed by atoms with Crippen molar-refractivity contribution < 1.29 is 13.9 Å². The minimum atomic E-state index is -0.855. The van der Waals surface area contributed by atoms with E-state index in [1.54, 1.807) is 32.0 Å². The number of hydrogen-bond acceptors (Lipinski definition) is 5. The Balaban J connectivity index is 2.32. The van der Waals surface area contributed by atoms with Crippen LogP contribution in [0.15, 0.2) is 27.4 Å². The summed E-state index contributed by atoms with van der Waals surface area (Å²) in [5, 5.41) is 3.03. The Morgan fingerprint density at radius 3 is 2.83 bits per heavy atom. The number of hydrogen-bond donors (Lipinski definition) is 2. The van der Waals surface area contributed by atoms with E-state index in [2.05, 4.69) is 10.3 Å². The van der Waals surface area contributed by atoms with Gasteiger partial charge in [0.25, 0.3) is 0 Å². The van der Waals surface area contributed by atoms with Crippen LogP contribution in [-0.2, 0) is 9.53 Å². The van der Waals surface area contributed by atoms with Gasteiger partial charge < -0.3 is 14.5 Å². The number of ether oxygens (including phenoxy) is 1. The number of nitrogens with one attached hydrogen (secondary N) is 2. The van der Waals surface area contributed by atoms with Crippen molar-refractivity contribution in [3.05, 3.63) is 28.7 Å². The Kier molecular flexibility index (Phi) is 2.86.